The van der Waals surface area contributed by atoms with Crippen LogP contribution in [0.1, 0.15) is 47.5 Å². The first-order valence-corrected chi connectivity index (χ1v) is 8.58. The van der Waals surface area contributed by atoms with Crippen molar-refractivity contribution in [2.75, 3.05) is 12.9 Å². The molecule has 0 aromatic rings. The molecule has 1 amide bonds. The Kier molecular flexibility index (Phi) is 7.51. The van der Waals surface area contributed by atoms with E-state index in [2.05, 4.69) is 5.32 Å². The largest absolute Gasteiger partial charge is 0.444 e. The average Bonchev–Trinajstić information content (AvgIpc) is 2.21. The number of carbonyl (C=O) groups is 1. The number of rotatable bonds is 7. The minimum Gasteiger partial charge on any atom is -0.444 e. The molecule has 0 aromatic carbocycles. The minimum atomic E-state index is -3.42. The van der Waals surface area contributed by atoms with Crippen molar-refractivity contribution in [3.63, 3.8) is 0 Å². The van der Waals surface area contributed by atoms with E-state index >= 15 is 0 Å². The van der Waals surface area contributed by atoms with Crippen LogP contribution < -0.4 is 5.32 Å². The van der Waals surface area contributed by atoms with Gasteiger partial charge >= 0.3 is 6.09 Å². The fourth-order valence-electron chi connectivity index (χ4n) is 1.60. The van der Waals surface area contributed by atoms with E-state index < -0.39 is 21.8 Å². The first-order valence-electron chi connectivity index (χ1n) is 6.77. The Hall–Kier alpha value is -0.820. The predicted molar refractivity (Wildman–Crippen MR) is 78.0 cm³/mol. The Balaban J connectivity index is 4.24. The van der Waals surface area contributed by atoms with E-state index in [9.17, 15) is 13.2 Å². The summed E-state index contributed by atoms with van der Waals surface area (Å²) >= 11 is 0. The maximum Gasteiger partial charge on any atom is 0.407 e. The Morgan fingerprint density at radius 2 is 1.85 bits per heavy atom. The Morgan fingerprint density at radius 3 is 2.25 bits per heavy atom. The summed E-state index contributed by atoms with van der Waals surface area (Å²) in [5.41, 5.74) is -0.534. The van der Waals surface area contributed by atoms with Crippen LogP contribution in [0.5, 0.6) is 0 Å². The van der Waals surface area contributed by atoms with Crippen LogP contribution in [-0.4, -0.2) is 39.0 Å². The summed E-state index contributed by atoms with van der Waals surface area (Å²) in [4.78, 5) is 11.7. The molecule has 0 unspecified atom stereocenters. The van der Waals surface area contributed by atoms with Gasteiger partial charge in [-0.3, -0.25) is 4.18 Å². The van der Waals surface area contributed by atoms with Gasteiger partial charge in [-0.05, 0) is 39.5 Å². The second-order valence-corrected chi connectivity index (χ2v) is 7.72. The highest BCUT2D eigenvalue weighted by Crippen LogP contribution is 2.12. The fourth-order valence-corrected chi connectivity index (χ4v) is 2.07. The number of ether oxygens (including phenoxy) is 1. The van der Waals surface area contributed by atoms with Crippen molar-refractivity contribution < 1.29 is 22.1 Å². The number of carbonyl (C=O) groups excluding carboxylic acids is 1. The zero-order valence-corrected chi connectivity index (χ0v) is 14.0. The van der Waals surface area contributed by atoms with Gasteiger partial charge in [0.15, 0.2) is 0 Å². The highest BCUT2D eigenvalue weighted by atomic mass is 32.2. The van der Waals surface area contributed by atoms with Crippen molar-refractivity contribution in [1.29, 1.82) is 0 Å². The molecule has 120 valence electrons. The molecule has 0 aliphatic heterocycles. The highest BCUT2D eigenvalue weighted by molar-refractivity contribution is 7.85. The third-order valence-corrected chi connectivity index (χ3v) is 3.03. The summed E-state index contributed by atoms with van der Waals surface area (Å²) in [6.07, 6.45) is 1.93. The van der Waals surface area contributed by atoms with Crippen LogP contribution in [0.2, 0.25) is 0 Å². The standard InChI is InChI=1S/C13H27NO5S/c1-7-11(14-12(15)19-13(3,4)5)8-10(2)9-18-20(6,16)17/h10-11H,7-9H2,1-6H3,(H,14,15)/t10-,11-/m1/s1. The van der Waals surface area contributed by atoms with E-state index in [1.54, 1.807) is 20.8 Å². The van der Waals surface area contributed by atoms with Crippen molar-refractivity contribution in [2.45, 2.75) is 59.1 Å². The summed E-state index contributed by atoms with van der Waals surface area (Å²) < 4.78 is 31.8. The molecule has 0 aromatic heterocycles. The van der Waals surface area contributed by atoms with E-state index in [1.807, 2.05) is 13.8 Å². The molecule has 0 spiro atoms. The average molecular weight is 309 g/mol. The number of hydrogen-bond donors (Lipinski definition) is 1. The van der Waals surface area contributed by atoms with Gasteiger partial charge in [0.05, 0.1) is 12.9 Å². The van der Waals surface area contributed by atoms with Crippen LogP contribution in [0.25, 0.3) is 0 Å². The van der Waals surface area contributed by atoms with Crippen molar-refractivity contribution in [1.82, 2.24) is 5.32 Å². The molecular weight excluding hydrogens is 282 g/mol. The number of alkyl carbamates (subject to hydrolysis) is 1. The third kappa shape index (κ3) is 11.0. The topological polar surface area (TPSA) is 81.7 Å². The third-order valence-electron chi connectivity index (χ3n) is 2.47. The van der Waals surface area contributed by atoms with Gasteiger partial charge in [0, 0.05) is 6.04 Å². The molecule has 0 heterocycles. The maximum absolute atomic E-state index is 11.7. The SMILES string of the molecule is CC[C@H](C[C@@H](C)COS(C)(=O)=O)NC(=O)OC(C)(C)C. The molecule has 0 saturated heterocycles. The molecule has 2 atom stereocenters. The Bertz CT molecular complexity index is 399. The lowest BCUT2D eigenvalue weighted by atomic mass is 10.0. The number of nitrogens with one attached hydrogen (secondary N) is 1. The molecule has 0 fully saturated rings. The maximum atomic E-state index is 11.7. The zero-order chi connectivity index (χ0) is 16.0. The summed E-state index contributed by atoms with van der Waals surface area (Å²) in [6.45, 7) is 9.35. The lowest BCUT2D eigenvalue weighted by molar-refractivity contribution is 0.0493. The van der Waals surface area contributed by atoms with Crippen molar-refractivity contribution >= 4 is 16.2 Å². The summed E-state index contributed by atoms with van der Waals surface area (Å²) in [5, 5.41) is 2.79. The minimum absolute atomic E-state index is 0.0182. The van der Waals surface area contributed by atoms with Gasteiger partial charge in [-0.25, -0.2) is 4.79 Å². The van der Waals surface area contributed by atoms with Gasteiger partial charge in [0.25, 0.3) is 10.1 Å². The molecule has 0 saturated carbocycles. The predicted octanol–water partition coefficient (Wildman–Crippen LogP) is 2.29. The second-order valence-electron chi connectivity index (χ2n) is 6.08. The van der Waals surface area contributed by atoms with E-state index in [0.717, 1.165) is 12.7 Å². The lowest BCUT2D eigenvalue weighted by Gasteiger charge is -2.24. The van der Waals surface area contributed by atoms with Gasteiger partial charge < -0.3 is 10.1 Å². The monoisotopic (exact) mass is 309 g/mol. The van der Waals surface area contributed by atoms with E-state index in [1.165, 1.54) is 0 Å². The Morgan fingerprint density at radius 1 is 1.30 bits per heavy atom. The molecule has 1 N–H and O–H groups in total. The van der Waals surface area contributed by atoms with Crippen LogP contribution in [0.3, 0.4) is 0 Å². The first kappa shape index (κ1) is 19.2. The van der Waals surface area contributed by atoms with Crippen molar-refractivity contribution in [2.24, 2.45) is 5.92 Å². The van der Waals surface area contributed by atoms with E-state index in [4.69, 9.17) is 8.92 Å². The van der Waals surface area contributed by atoms with Crippen LogP contribution in [0, 0.1) is 5.92 Å². The first-order chi connectivity index (χ1) is 8.93. The second kappa shape index (κ2) is 7.83. The Labute approximate surface area is 122 Å². The normalized spacial score (nSPS) is 15.5. The van der Waals surface area contributed by atoms with Gasteiger partial charge in [-0.2, -0.15) is 8.42 Å². The van der Waals surface area contributed by atoms with Crippen LogP contribution in [0.4, 0.5) is 4.79 Å². The smallest absolute Gasteiger partial charge is 0.407 e. The molecular formula is C13H27NO5S. The molecule has 0 aliphatic carbocycles. The molecule has 0 rings (SSSR count). The summed E-state index contributed by atoms with van der Waals surface area (Å²) in [6, 6.07) is -0.0667. The fraction of sp³-hybridized carbons (Fsp3) is 0.923. The highest BCUT2D eigenvalue weighted by Gasteiger charge is 2.20. The van der Waals surface area contributed by atoms with E-state index in [0.29, 0.717) is 6.42 Å². The van der Waals surface area contributed by atoms with Crippen LogP contribution in [0.15, 0.2) is 0 Å². The summed E-state index contributed by atoms with van der Waals surface area (Å²) in [5.74, 6) is 0.0182. The molecule has 7 heteroatoms. The van der Waals surface area contributed by atoms with Gasteiger partial charge in [0.1, 0.15) is 5.60 Å². The van der Waals surface area contributed by atoms with Crippen LogP contribution >= 0.6 is 0 Å². The number of amides is 1. The van der Waals surface area contributed by atoms with Crippen molar-refractivity contribution in [3.8, 4) is 0 Å². The molecule has 20 heavy (non-hydrogen) atoms. The zero-order valence-electron chi connectivity index (χ0n) is 13.2. The van der Waals surface area contributed by atoms with Crippen molar-refractivity contribution in [3.05, 3.63) is 0 Å². The molecule has 6 nitrogen and oxygen atoms in total. The lowest BCUT2D eigenvalue weighted by Crippen LogP contribution is -2.40. The summed E-state index contributed by atoms with van der Waals surface area (Å²) in [7, 11) is -3.42. The quantitative estimate of drug-likeness (QED) is 0.730. The molecule has 0 aliphatic rings. The molecule has 0 bridgehead atoms. The van der Waals surface area contributed by atoms with E-state index in [-0.39, 0.29) is 18.6 Å². The van der Waals surface area contributed by atoms with Gasteiger partial charge in [0.2, 0.25) is 0 Å². The molecule has 0 radical (unpaired) electrons. The van der Waals surface area contributed by atoms with Gasteiger partial charge in [-0.15, -0.1) is 0 Å². The number of hydrogen-bond acceptors (Lipinski definition) is 5. The van der Waals surface area contributed by atoms with Crippen LogP contribution in [-0.2, 0) is 19.0 Å². The van der Waals surface area contributed by atoms with Gasteiger partial charge in [-0.1, -0.05) is 13.8 Å².